The van der Waals surface area contributed by atoms with Crippen LogP contribution in [0.5, 0.6) is 0 Å². The van der Waals surface area contributed by atoms with Crippen LogP contribution in [0.25, 0.3) is 0 Å². The SMILES string of the molecule is C=CCNC(=NC)NCCc1ccccn1.I. The Balaban J connectivity index is 0.00000256. The molecule has 0 saturated carbocycles. The molecule has 17 heavy (non-hydrogen) atoms. The molecule has 0 aliphatic carbocycles. The van der Waals surface area contributed by atoms with Crippen molar-refractivity contribution in [3.05, 3.63) is 42.7 Å². The molecular formula is C12H19IN4. The van der Waals surface area contributed by atoms with Crippen molar-refractivity contribution < 1.29 is 0 Å². The minimum Gasteiger partial charge on any atom is -0.356 e. The van der Waals surface area contributed by atoms with Crippen molar-refractivity contribution in [3.8, 4) is 0 Å². The van der Waals surface area contributed by atoms with Gasteiger partial charge in [-0.15, -0.1) is 30.6 Å². The van der Waals surface area contributed by atoms with Crippen molar-refractivity contribution in [1.29, 1.82) is 0 Å². The van der Waals surface area contributed by atoms with E-state index in [-0.39, 0.29) is 24.0 Å². The molecule has 0 radical (unpaired) electrons. The summed E-state index contributed by atoms with van der Waals surface area (Å²) in [6.45, 7) is 5.16. The van der Waals surface area contributed by atoms with Crippen LogP contribution >= 0.6 is 24.0 Å². The first-order valence-electron chi connectivity index (χ1n) is 5.32. The average molecular weight is 346 g/mol. The fourth-order valence-electron chi connectivity index (χ4n) is 1.24. The number of guanidine groups is 1. The first-order chi connectivity index (χ1) is 7.86. The fourth-order valence-corrected chi connectivity index (χ4v) is 1.24. The largest absolute Gasteiger partial charge is 0.356 e. The highest BCUT2D eigenvalue weighted by Gasteiger charge is 1.96. The topological polar surface area (TPSA) is 49.3 Å². The van der Waals surface area contributed by atoms with Gasteiger partial charge in [-0.3, -0.25) is 9.98 Å². The van der Waals surface area contributed by atoms with Crippen molar-refractivity contribution in [2.45, 2.75) is 6.42 Å². The minimum atomic E-state index is 0. The third kappa shape index (κ3) is 6.93. The van der Waals surface area contributed by atoms with E-state index in [0.29, 0.717) is 6.54 Å². The van der Waals surface area contributed by atoms with Gasteiger partial charge in [-0.1, -0.05) is 12.1 Å². The Morgan fingerprint density at radius 3 is 2.88 bits per heavy atom. The summed E-state index contributed by atoms with van der Waals surface area (Å²) < 4.78 is 0. The monoisotopic (exact) mass is 346 g/mol. The second-order valence-electron chi connectivity index (χ2n) is 3.24. The van der Waals surface area contributed by atoms with Crippen LogP contribution in [-0.2, 0) is 6.42 Å². The Kier molecular flexibility index (Phi) is 9.41. The Hall–Kier alpha value is -1.11. The highest BCUT2D eigenvalue weighted by molar-refractivity contribution is 14.0. The molecule has 1 rings (SSSR count). The number of hydrogen-bond donors (Lipinski definition) is 2. The smallest absolute Gasteiger partial charge is 0.191 e. The lowest BCUT2D eigenvalue weighted by Crippen LogP contribution is -2.38. The molecule has 0 unspecified atom stereocenters. The molecule has 5 heteroatoms. The lowest BCUT2D eigenvalue weighted by Gasteiger charge is -2.09. The van der Waals surface area contributed by atoms with E-state index in [1.807, 2.05) is 18.2 Å². The summed E-state index contributed by atoms with van der Waals surface area (Å²) in [4.78, 5) is 8.33. The molecule has 0 aromatic carbocycles. The molecule has 94 valence electrons. The maximum Gasteiger partial charge on any atom is 0.191 e. The van der Waals surface area contributed by atoms with E-state index >= 15 is 0 Å². The molecule has 0 amide bonds. The molecule has 0 spiro atoms. The van der Waals surface area contributed by atoms with Gasteiger partial charge >= 0.3 is 0 Å². The van der Waals surface area contributed by atoms with Crippen LogP contribution in [-0.4, -0.2) is 31.1 Å². The molecule has 0 fully saturated rings. The van der Waals surface area contributed by atoms with Crippen molar-refractivity contribution in [2.24, 2.45) is 4.99 Å². The Bertz CT molecular complexity index is 338. The summed E-state index contributed by atoms with van der Waals surface area (Å²) in [5.41, 5.74) is 1.08. The molecule has 0 aliphatic rings. The average Bonchev–Trinajstić information content (AvgIpc) is 2.35. The summed E-state index contributed by atoms with van der Waals surface area (Å²) in [6, 6.07) is 5.93. The number of nitrogens with one attached hydrogen (secondary N) is 2. The number of hydrogen-bond acceptors (Lipinski definition) is 2. The molecule has 1 heterocycles. The van der Waals surface area contributed by atoms with E-state index < -0.39 is 0 Å². The standard InChI is InChI=1S/C12H18N4.HI/c1-3-8-15-12(13-2)16-10-7-11-6-4-5-9-14-11;/h3-6,9H,1,7-8,10H2,2H3,(H2,13,15,16);1H. The molecule has 4 nitrogen and oxygen atoms in total. The zero-order chi connectivity index (χ0) is 11.6. The molecule has 1 aromatic heterocycles. The van der Waals surface area contributed by atoms with Crippen LogP contribution in [0.15, 0.2) is 42.0 Å². The summed E-state index contributed by atoms with van der Waals surface area (Å²) in [6.07, 6.45) is 4.49. The number of rotatable bonds is 5. The second-order valence-corrected chi connectivity index (χ2v) is 3.24. The third-order valence-electron chi connectivity index (χ3n) is 2.04. The normalized spacial score (nSPS) is 10.3. The van der Waals surface area contributed by atoms with Crippen molar-refractivity contribution in [2.75, 3.05) is 20.1 Å². The van der Waals surface area contributed by atoms with Gasteiger partial charge in [0.25, 0.3) is 0 Å². The van der Waals surface area contributed by atoms with Gasteiger partial charge in [-0.2, -0.15) is 0 Å². The van der Waals surface area contributed by atoms with Crippen LogP contribution < -0.4 is 10.6 Å². The van der Waals surface area contributed by atoms with Gasteiger partial charge in [0.05, 0.1) is 0 Å². The lowest BCUT2D eigenvalue weighted by molar-refractivity contribution is 0.806. The molecule has 0 atom stereocenters. The summed E-state index contributed by atoms with van der Waals surface area (Å²) in [5, 5.41) is 6.31. The maximum atomic E-state index is 4.25. The van der Waals surface area contributed by atoms with Crippen LogP contribution in [0.4, 0.5) is 0 Å². The Morgan fingerprint density at radius 2 is 2.29 bits per heavy atom. The van der Waals surface area contributed by atoms with E-state index in [1.54, 1.807) is 19.3 Å². The van der Waals surface area contributed by atoms with Crippen molar-refractivity contribution in [1.82, 2.24) is 15.6 Å². The zero-order valence-corrected chi connectivity index (χ0v) is 12.3. The van der Waals surface area contributed by atoms with Gasteiger partial charge in [0, 0.05) is 38.4 Å². The van der Waals surface area contributed by atoms with Gasteiger partial charge in [0.1, 0.15) is 0 Å². The Morgan fingerprint density at radius 1 is 1.47 bits per heavy atom. The summed E-state index contributed by atoms with van der Waals surface area (Å²) in [7, 11) is 1.75. The van der Waals surface area contributed by atoms with E-state index in [0.717, 1.165) is 24.6 Å². The quantitative estimate of drug-likeness (QED) is 0.369. The van der Waals surface area contributed by atoms with Crippen LogP contribution in [0.3, 0.4) is 0 Å². The van der Waals surface area contributed by atoms with Crippen molar-refractivity contribution in [3.63, 3.8) is 0 Å². The van der Waals surface area contributed by atoms with E-state index in [9.17, 15) is 0 Å². The van der Waals surface area contributed by atoms with Gasteiger partial charge in [-0.25, -0.2) is 0 Å². The van der Waals surface area contributed by atoms with E-state index in [4.69, 9.17) is 0 Å². The van der Waals surface area contributed by atoms with Crippen LogP contribution in [0.2, 0.25) is 0 Å². The fraction of sp³-hybridized carbons (Fsp3) is 0.333. The number of aliphatic imine (C=N–C) groups is 1. The van der Waals surface area contributed by atoms with E-state index in [2.05, 4.69) is 27.2 Å². The zero-order valence-electron chi connectivity index (χ0n) is 10.0. The lowest BCUT2D eigenvalue weighted by atomic mass is 10.3. The molecule has 0 bridgehead atoms. The van der Waals surface area contributed by atoms with Gasteiger partial charge < -0.3 is 10.6 Å². The number of halogens is 1. The number of pyridine rings is 1. The molecule has 0 aliphatic heterocycles. The molecule has 1 aromatic rings. The second kappa shape index (κ2) is 10.1. The van der Waals surface area contributed by atoms with Crippen LogP contribution in [0, 0.1) is 0 Å². The van der Waals surface area contributed by atoms with Gasteiger partial charge in [0.15, 0.2) is 5.96 Å². The first-order valence-corrected chi connectivity index (χ1v) is 5.32. The van der Waals surface area contributed by atoms with Crippen molar-refractivity contribution >= 4 is 29.9 Å². The Labute approximate surface area is 120 Å². The molecule has 2 N–H and O–H groups in total. The number of nitrogens with zero attached hydrogens (tertiary/aromatic N) is 2. The highest BCUT2D eigenvalue weighted by Crippen LogP contribution is 1.92. The minimum absolute atomic E-state index is 0. The summed E-state index contributed by atoms with van der Waals surface area (Å²) in [5.74, 6) is 0.788. The molecular weight excluding hydrogens is 327 g/mol. The van der Waals surface area contributed by atoms with Crippen LogP contribution in [0.1, 0.15) is 5.69 Å². The van der Waals surface area contributed by atoms with E-state index in [1.165, 1.54) is 0 Å². The predicted molar refractivity (Wildman–Crippen MR) is 82.9 cm³/mol. The van der Waals surface area contributed by atoms with Gasteiger partial charge in [0.2, 0.25) is 0 Å². The predicted octanol–water partition coefficient (Wildman–Crippen LogP) is 1.59. The number of aromatic nitrogens is 1. The third-order valence-corrected chi connectivity index (χ3v) is 2.04. The summed E-state index contributed by atoms with van der Waals surface area (Å²) >= 11 is 0. The maximum absolute atomic E-state index is 4.25. The highest BCUT2D eigenvalue weighted by atomic mass is 127. The van der Waals surface area contributed by atoms with Gasteiger partial charge in [-0.05, 0) is 12.1 Å². The first kappa shape index (κ1) is 15.9. The molecule has 0 saturated heterocycles.